The van der Waals surface area contributed by atoms with Gasteiger partial charge in [0.1, 0.15) is 17.2 Å². The minimum atomic E-state index is -0.674. The zero-order valence-corrected chi connectivity index (χ0v) is 17.0. The molecule has 29 heavy (non-hydrogen) atoms. The number of ether oxygens (including phenoxy) is 4. The van der Waals surface area contributed by atoms with Gasteiger partial charge in [0.25, 0.3) is 0 Å². The summed E-state index contributed by atoms with van der Waals surface area (Å²) in [6.07, 6.45) is -0.674. The van der Waals surface area contributed by atoms with Crippen LogP contribution in [-0.4, -0.2) is 31.9 Å². The molecular weight excluding hydrogens is 381 g/mol. The molecule has 0 saturated heterocycles. The van der Waals surface area contributed by atoms with Gasteiger partial charge in [0.2, 0.25) is 0 Å². The molecule has 0 aliphatic heterocycles. The Morgan fingerprint density at radius 2 is 1.76 bits per heavy atom. The third kappa shape index (κ3) is 6.10. The summed E-state index contributed by atoms with van der Waals surface area (Å²) in [7, 11) is 2.69. The van der Waals surface area contributed by atoms with Crippen LogP contribution in [0.4, 0.5) is 9.18 Å². The Hall–Kier alpha value is -3.29. The van der Waals surface area contributed by atoms with Crippen LogP contribution in [0.15, 0.2) is 36.4 Å². The number of hydrogen-bond donors (Lipinski definition) is 1. The van der Waals surface area contributed by atoms with E-state index in [1.165, 1.54) is 44.6 Å². The summed E-state index contributed by atoms with van der Waals surface area (Å²) in [5.74, 6) is -0.357. The molecule has 0 unspecified atom stereocenters. The minimum Gasteiger partial charge on any atom is -0.493 e. The van der Waals surface area contributed by atoms with E-state index in [1.54, 1.807) is 26.8 Å². The van der Waals surface area contributed by atoms with Gasteiger partial charge in [-0.1, -0.05) is 6.07 Å². The molecule has 0 bridgehead atoms. The number of benzene rings is 2. The molecule has 0 saturated carbocycles. The first-order valence-electron chi connectivity index (χ1n) is 8.83. The average Bonchev–Trinajstić information content (AvgIpc) is 2.65. The van der Waals surface area contributed by atoms with E-state index in [0.29, 0.717) is 0 Å². The number of esters is 1. The number of hydrogen-bond acceptors (Lipinski definition) is 6. The number of amides is 1. The minimum absolute atomic E-state index is 0.137. The summed E-state index contributed by atoms with van der Waals surface area (Å²) >= 11 is 0. The largest absolute Gasteiger partial charge is 0.493 e. The normalized spacial score (nSPS) is 10.8. The summed E-state index contributed by atoms with van der Waals surface area (Å²) in [5.41, 5.74) is -0.256. The number of nitrogens with one attached hydrogen (secondary N) is 1. The van der Waals surface area contributed by atoms with Crippen LogP contribution in [0.1, 0.15) is 36.7 Å². The summed E-state index contributed by atoms with van der Waals surface area (Å²) in [6, 6.07) is 8.78. The quantitative estimate of drug-likeness (QED) is 0.716. The first-order chi connectivity index (χ1) is 13.6. The van der Waals surface area contributed by atoms with E-state index in [0.717, 1.165) is 0 Å². The van der Waals surface area contributed by atoms with Crippen molar-refractivity contribution in [3.05, 3.63) is 53.3 Å². The molecule has 0 atom stereocenters. The number of rotatable bonds is 6. The second-order valence-corrected chi connectivity index (χ2v) is 7.03. The van der Waals surface area contributed by atoms with E-state index in [-0.39, 0.29) is 34.9 Å². The van der Waals surface area contributed by atoms with E-state index < -0.39 is 23.5 Å². The number of alkyl carbamates (subject to hydrolysis) is 1. The summed E-state index contributed by atoms with van der Waals surface area (Å²) in [4.78, 5) is 23.6. The van der Waals surface area contributed by atoms with Crippen molar-refractivity contribution in [2.24, 2.45) is 0 Å². The zero-order chi connectivity index (χ0) is 21.6. The van der Waals surface area contributed by atoms with Gasteiger partial charge in [-0.05, 0) is 51.1 Å². The van der Waals surface area contributed by atoms with Crippen LogP contribution in [0.25, 0.3) is 0 Å². The summed E-state index contributed by atoms with van der Waals surface area (Å²) in [5, 5.41) is 2.51. The molecule has 2 rings (SSSR count). The molecule has 1 amide bonds. The molecule has 0 aliphatic rings. The van der Waals surface area contributed by atoms with Crippen molar-refractivity contribution in [2.75, 3.05) is 14.2 Å². The van der Waals surface area contributed by atoms with Gasteiger partial charge in [-0.15, -0.1) is 0 Å². The van der Waals surface area contributed by atoms with Gasteiger partial charge in [-0.25, -0.2) is 14.0 Å². The Morgan fingerprint density at radius 1 is 1.03 bits per heavy atom. The molecule has 0 spiro atoms. The van der Waals surface area contributed by atoms with E-state index in [2.05, 4.69) is 10.1 Å². The second-order valence-electron chi connectivity index (χ2n) is 7.03. The Labute approximate surface area is 168 Å². The molecule has 0 fully saturated rings. The van der Waals surface area contributed by atoms with Crippen LogP contribution < -0.4 is 14.8 Å². The summed E-state index contributed by atoms with van der Waals surface area (Å²) in [6.45, 7) is 5.05. The van der Waals surface area contributed by atoms with E-state index >= 15 is 0 Å². The van der Waals surface area contributed by atoms with Crippen LogP contribution in [0.3, 0.4) is 0 Å². The van der Waals surface area contributed by atoms with E-state index in [1.807, 2.05) is 0 Å². The van der Waals surface area contributed by atoms with Crippen LogP contribution in [0, 0.1) is 5.82 Å². The van der Waals surface area contributed by atoms with Crippen molar-refractivity contribution in [3.8, 4) is 17.2 Å². The predicted octanol–water partition coefficient (Wildman–Crippen LogP) is 4.44. The molecular formula is C21H24FNO6. The van der Waals surface area contributed by atoms with Crippen molar-refractivity contribution in [1.29, 1.82) is 0 Å². The first-order valence-corrected chi connectivity index (χ1v) is 8.83. The topological polar surface area (TPSA) is 83.1 Å². The molecule has 7 nitrogen and oxygen atoms in total. The lowest BCUT2D eigenvalue weighted by molar-refractivity contribution is 0.0521. The van der Waals surface area contributed by atoms with Gasteiger partial charge < -0.3 is 24.3 Å². The molecule has 2 aromatic carbocycles. The van der Waals surface area contributed by atoms with Crippen molar-refractivity contribution in [2.45, 2.75) is 32.9 Å². The maximum Gasteiger partial charge on any atom is 0.407 e. The van der Waals surface area contributed by atoms with E-state index in [9.17, 15) is 14.0 Å². The molecule has 0 aromatic heterocycles. The van der Waals surface area contributed by atoms with Crippen LogP contribution in [0.5, 0.6) is 17.2 Å². The predicted molar refractivity (Wildman–Crippen MR) is 104 cm³/mol. The standard InChI is InChI=1S/C21H24FNO6/c1-21(2,3)29-20(25)23-12-14-15(22)7-6-8-16(14)28-17-10-9-13(19(24)27-5)11-18(17)26-4/h6-11H,12H2,1-5H3,(H,23,25). The van der Waals surface area contributed by atoms with Gasteiger partial charge in [0.05, 0.1) is 26.3 Å². The fraction of sp³-hybridized carbons (Fsp3) is 0.333. The highest BCUT2D eigenvalue weighted by Gasteiger charge is 2.19. The van der Waals surface area contributed by atoms with Crippen LogP contribution in [-0.2, 0) is 16.0 Å². The third-order valence-electron chi connectivity index (χ3n) is 3.69. The summed E-state index contributed by atoms with van der Waals surface area (Å²) < 4.78 is 35.3. The Kier molecular flexibility index (Phi) is 7.03. The Morgan fingerprint density at radius 3 is 2.38 bits per heavy atom. The molecule has 0 radical (unpaired) electrons. The van der Waals surface area contributed by atoms with Crippen molar-refractivity contribution >= 4 is 12.1 Å². The number of carbonyl (C=O) groups excluding carboxylic acids is 2. The molecule has 2 aromatic rings. The lowest BCUT2D eigenvalue weighted by Gasteiger charge is -2.20. The number of carbonyl (C=O) groups is 2. The highest BCUT2D eigenvalue weighted by Crippen LogP contribution is 2.34. The highest BCUT2D eigenvalue weighted by molar-refractivity contribution is 5.90. The zero-order valence-electron chi connectivity index (χ0n) is 17.0. The van der Waals surface area contributed by atoms with E-state index in [4.69, 9.17) is 14.2 Å². The Bertz CT molecular complexity index is 891. The van der Waals surface area contributed by atoms with Crippen molar-refractivity contribution in [3.63, 3.8) is 0 Å². The van der Waals surface area contributed by atoms with Crippen LogP contribution >= 0.6 is 0 Å². The van der Waals surface area contributed by atoms with Crippen LogP contribution in [0.2, 0.25) is 0 Å². The SMILES string of the molecule is COC(=O)c1ccc(Oc2cccc(F)c2CNC(=O)OC(C)(C)C)c(OC)c1. The molecule has 0 heterocycles. The lowest BCUT2D eigenvalue weighted by atomic mass is 10.1. The van der Waals surface area contributed by atoms with Gasteiger partial charge >= 0.3 is 12.1 Å². The van der Waals surface area contributed by atoms with Gasteiger partial charge in [-0.3, -0.25) is 0 Å². The fourth-order valence-electron chi connectivity index (χ4n) is 2.40. The third-order valence-corrected chi connectivity index (χ3v) is 3.69. The maximum absolute atomic E-state index is 14.4. The molecule has 156 valence electrons. The smallest absolute Gasteiger partial charge is 0.407 e. The average molecular weight is 405 g/mol. The lowest BCUT2D eigenvalue weighted by Crippen LogP contribution is -2.32. The van der Waals surface area contributed by atoms with Gasteiger partial charge in [-0.2, -0.15) is 0 Å². The monoisotopic (exact) mass is 405 g/mol. The second kappa shape index (κ2) is 9.27. The molecule has 0 aliphatic carbocycles. The van der Waals surface area contributed by atoms with Gasteiger partial charge in [0, 0.05) is 5.56 Å². The highest BCUT2D eigenvalue weighted by atomic mass is 19.1. The van der Waals surface area contributed by atoms with Gasteiger partial charge in [0.15, 0.2) is 11.5 Å². The maximum atomic E-state index is 14.4. The number of halogens is 1. The Balaban J connectivity index is 2.25. The van der Waals surface area contributed by atoms with Crippen molar-refractivity contribution < 1.29 is 32.9 Å². The van der Waals surface area contributed by atoms with Crippen molar-refractivity contribution in [1.82, 2.24) is 5.32 Å². The molecule has 1 N–H and O–H groups in total. The fourth-order valence-corrected chi connectivity index (χ4v) is 2.40. The first kappa shape index (κ1) is 22.0. The molecule has 8 heteroatoms. The number of methoxy groups -OCH3 is 2.